The smallest absolute Gasteiger partial charge is 0.273 e. The Morgan fingerprint density at radius 1 is 1.61 bits per heavy atom. The second-order valence-corrected chi connectivity index (χ2v) is 5.02. The molecular formula is C12H18N4O2. The number of nitrogen functional groups attached to an aromatic ring is 1. The maximum absolute atomic E-state index is 12.0. The fraction of sp³-hybridized carbons (Fsp3) is 0.583. The van der Waals surface area contributed by atoms with Crippen LogP contribution >= 0.6 is 0 Å². The van der Waals surface area contributed by atoms with E-state index in [4.69, 9.17) is 5.73 Å². The van der Waals surface area contributed by atoms with E-state index in [1.54, 1.807) is 0 Å². The van der Waals surface area contributed by atoms with Crippen LogP contribution in [0.4, 0.5) is 5.82 Å². The average molecular weight is 250 g/mol. The van der Waals surface area contributed by atoms with Gasteiger partial charge in [0.25, 0.3) is 5.91 Å². The van der Waals surface area contributed by atoms with Gasteiger partial charge in [0.15, 0.2) is 11.5 Å². The highest BCUT2D eigenvalue weighted by atomic mass is 16.3. The molecule has 1 aromatic rings. The molecule has 0 bridgehead atoms. The van der Waals surface area contributed by atoms with Gasteiger partial charge >= 0.3 is 0 Å². The van der Waals surface area contributed by atoms with Crippen molar-refractivity contribution in [1.82, 2.24) is 15.3 Å². The van der Waals surface area contributed by atoms with Gasteiger partial charge in [-0.2, -0.15) is 0 Å². The molecule has 1 aliphatic rings. The first-order valence-electron chi connectivity index (χ1n) is 6.05. The monoisotopic (exact) mass is 250 g/mol. The van der Waals surface area contributed by atoms with Gasteiger partial charge < -0.3 is 16.2 Å². The van der Waals surface area contributed by atoms with Crippen LogP contribution < -0.4 is 11.1 Å². The summed E-state index contributed by atoms with van der Waals surface area (Å²) in [6.07, 6.45) is 5.65. The number of nitrogens with zero attached hydrogens (tertiary/aromatic N) is 2. The van der Waals surface area contributed by atoms with E-state index in [9.17, 15) is 9.90 Å². The van der Waals surface area contributed by atoms with Crippen LogP contribution in [0.5, 0.6) is 0 Å². The minimum absolute atomic E-state index is 0.0450. The Kier molecular flexibility index (Phi) is 3.47. The first kappa shape index (κ1) is 12.8. The first-order chi connectivity index (χ1) is 8.57. The highest BCUT2D eigenvalue weighted by molar-refractivity contribution is 5.96. The Bertz CT molecular complexity index is 451. The third-order valence-electron chi connectivity index (χ3n) is 3.69. The van der Waals surface area contributed by atoms with E-state index < -0.39 is 0 Å². The number of rotatable bonds is 3. The van der Waals surface area contributed by atoms with Crippen LogP contribution in [0.1, 0.15) is 36.7 Å². The predicted octanol–water partition coefficient (Wildman–Crippen LogP) is 0.340. The normalized spacial score (nSPS) is 27.1. The van der Waals surface area contributed by atoms with Crippen LogP contribution in [0.3, 0.4) is 0 Å². The summed E-state index contributed by atoms with van der Waals surface area (Å²) in [4.78, 5) is 19.8. The number of hydrogen-bond acceptors (Lipinski definition) is 5. The third kappa shape index (κ3) is 2.28. The van der Waals surface area contributed by atoms with Gasteiger partial charge in [-0.25, -0.2) is 9.97 Å². The van der Waals surface area contributed by atoms with Gasteiger partial charge in [-0.3, -0.25) is 4.79 Å². The van der Waals surface area contributed by atoms with Crippen LogP contribution in [-0.2, 0) is 0 Å². The summed E-state index contributed by atoms with van der Waals surface area (Å²) in [6, 6.07) is -0.0450. The van der Waals surface area contributed by atoms with E-state index in [0.29, 0.717) is 0 Å². The molecule has 0 aliphatic heterocycles. The van der Waals surface area contributed by atoms with Crippen molar-refractivity contribution >= 4 is 11.7 Å². The second kappa shape index (κ2) is 4.89. The van der Waals surface area contributed by atoms with Gasteiger partial charge in [0, 0.05) is 23.9 Å². The molecule has 0 spiro atoms. The Morgan fingerprint density at radius 2 is 2.33 bits per heavy atom. The SMILES string of the molecule is CC1(CO)CCCC1NC(=O)c1nccnc1N. The molecular weight excluding hydrogens is 232 g/mol. The molecule has 2 unspecified atom stereocenters. The van der Waals surface area contributed by atoms with E-state index in [1.165, 1.54) is 12.4 Å². The number of aliphatic hydroxyl groups is 1. The van der Waals surface area contributed by atoms with Crippen molar-refractivity contribution in [2.24, 2.45) is 5.41 Å². The van der Waals surface area contributed by atoms with Crippen molar-refractivity contribution in [2.75, 3.05) is 12.3 Å². The van der Waals surface area contributed by atoms with Crippen LogP contribution in [0.2, 0.25) is 0 Å². The Hall–Kier alpha value is -1.69. The molecule has 0 aromatic carbocycles. The van der Waals surface area contributed by atoms with Crippen LogP contribution in [-0.4, -0.2) is 33.6 Å². The molecule has 1 aliphatic carbocycles. The number of nitrogens with two attached hydrogens (primary N) is 1. The van der Waals surface area contributed by atoms with E-state index in [-0.39, 0.29) is 35.5 Å². The summed E-state index contributed by atoms with van der Waals surface area (Å²) in [5, 5.41) is 12.3. The number of anilines is 1. The number of aliphatic hydroxyl groups excluding tert-OH is 1. The van der Waals surface area contributed by atoms with E-state index >= 15 is 0 Å². The maximum atomic E-state index is 12.0. The van der Waals surface area contributed by atoms with Gasteiger partial charge in [-0.15, -0.1) is 0 Å². The lowest BCUT2D eigenvalue weighted by Gasteiger charge is -2.29. The number of nitrogens with one attached hydrogen (secondary N) is 1. The molecule has 18 heavy (non-hydrogen) atoms. The van der Waals surface area contributed by atoms with E-state index in [0.717, 1.165) is 19.3 Å². The molecule has 0 radical (unpaired) electrons. The molecule has 6 heteroatoms. The minimum Gasteiger partial charge on any atom is -0.396 e. The number of carbonyl (C=O) groups excluding carboxylic acids is 1. The zero-order valence-corrected chi connectivity index (χ0v) is 10.4. The number of hydrogen-bond donors (Lipinski definition) is 3. The van der Waals surface area contributed by atoms with Crippen molar-refractivity contribution in [3.05, 3.63) is 18.1 Å². The lowest BCUT2D eigenvalue weighted by Crippen LogP contribution is -2.45. The van der Waals surface area contributed by atoms with Crippen molar-refractivity contribution in [2.45, 2.75) is 32.2 Å². The predicted molar refractivity (Wildman–Crippen MR) is 66.7 cm³/mol. The zero-order chi connectivity index (χ0) is 13.2. The lowest BCUT2D eigenvalue weighted by molar-refractivity contribution is 0.0826. The molecule has 2 atom stereocenters. The summed E-state index contributed by atoms with van der Waals surface area (Å²) in [5.74, 6) is -0.203. The Labute approximate surface area is 106 Å². The van der Waals surface area contributed by atoms with E-state index in [2.05, 4.69) is 15.3 Å². The minimum atomic E-state index is -0.327. The van der Waals surface area contributed by atoms with Gasteiger partial charge in [0.05, 0.1) is 6.61 Å². The summed E-state index contributed by atoms with van der Waals surface area (Å²) >= 11 is 0. The Balaban J connectivity index is 2.11. The topological polar surface area (TPSA) is 101 Å². The van der Waals surface area contributed by atoms with Gasteiger partial charge in [0.2, 0.25) is 0 Å². The van der Waals surface area contributed by atoms with Crippen LogP contribution in [0.15, 0.2) is 12.4 Å². The van der Waals surface area contributed by atoms with Crippen molar-refractivity contribution in [1.29, 1.82) is 0 Å². The number of aromatic nitrogens is 2. The molecule has 2 rings (SSSR count). The van der Waals surface area contributed by atoms with Crippen molar-refractivity contribution in [3.63, 3.8) is 0 Å². The molecule has 6 nitrogen and oxygen atoms in total. The molecule has 1 aromatic heterocycles. The summed E-state index contributed by atoms with van der Waals surface area (Å²) in [6.45, 7) is 2.04. The first-order valence-corrected chi connectivity index (χ1v) is 6.05. The largest absolute Gasteiger partial charge is 0.396 e. The highest BCUT2D eigenvalue weighted by Gasteiger charge is 2.39. The number of carbonyl (C=O) groups is 1. The summed E-state index contributed by atoms with van der Waals surface area (Å²) in [5.41, 5.74) is 5.50. The van der Waals surface area contributed by atoms with Gasteiger partial charge in [-0.05, 0) is 12.8 Å². The van der Waals surface area contributed by atoms with Crippen LogP contribution in [0, 0.1) is 5.41 Å². The lowest BCUT2D eigenvalue weighted by atomic mass is 9.86. The van der Waals surface area contributed by atoms with Gasteiger partial charge in [0.1, 0.15) is 0 Å². The molecule has 1 heterocycles. The third-order valence-corrected chi connectivity index (χ3v) is 3.69. The summed E-state index contributed by atoms with van der Waals surface area (Å²) < 4.78 is 0. The quantitative estimate of drug-likeness (QED) is 0.718. The molecule has 98 valence electrons. The molecule has 1 saturated carbocycles. The highest BCUT2D eigenvalue weighted by Crippen LogP contribution is 2.37. The van der Waals surface area contributed by atoms with Crippen molar-refractivity contribution < 1.29 is 9.90 Å². The maximum Gasteiger partial charge on any atom is 0.273 e. The number of amides is 1. The standard InChI is InChI=1S/C12H18N4O2/c1-12(7-17)4-2-3-8(12)16-11(18)9-10(13)15-6-5-14-9/h5-6,8,17H,2-4,7H2,1H3,(H2,13,15)(H,16,18). The zero-order valence-electron chi connectivity index (χ0n) is 10.4. The average Bonchev–Trinajstić information content (AvgIpc) is 2.72. The molecule has 0 saturated heterocycles. The molecule has 1 fully saturated rings. The van der Waals surface area contributed by atoms with E-state index in [1.807, 2.05) is 6.92 Å². The van der Waals surface area contributed by atoms with Crippen molar-refractivity contribution in [3.8, 4) is 0 Å². The molecule has 4 N–H and O–H groups in total. The molecule has 1 amide bonds. The fourth-order valence-corrected chi connectivity index (χ4v) is 2.42. The fourth-order valence-electron chi connectivity index (χ4n) is 2.42. The Morgan fingerprint density at radius 3 is 3.00 bits per heavy atom. The second-order valence-electron chi connectivity index (χ2n) is 5.02. The summed E-state index contributed by atoms with van der Waals surface area (Å²) in [7, 11) is 0. The van der Waals surface area contributed by atoms with Crippen LogP contribution in [0.25, 0.3) is 0 Å². The van der Waals surface area contributed by atoms with Gasteiger partial charge in [-0.1, -0.05) is 13.3 Å².